The van der Waals surface area contributed by atoms with Crippen LogP contribution in [0.3, 0.4) is 0 Å². The number of sulfone groups is 1. The molecule has 0 saturated carbocycles. The van der Waals surface area contributed by atoms with Gasteiger partial charge in [-0.25, -0.2) is 21.6 Å². The molecule has 0 radical (unpaired) electrons. The Morgan fingerprint density at radius 1 is 1.12 bits per heavy atom. The van der Waals surface area contributed by atoms with E-state index in [1.807, 2.05) is 0 Å². The predicted octanol–water partition coefficient (Wildman–Crippen LogP) is 4.19. The van der Waals surface area contributed by atoms with Crippen LogP contribution in [0.5, 0.6) is 0 Å². The highest BCUT2D eigenvalue weighted by atomic mass is 35.5. The van der Waals surface area contributed by atoms with Gasteiger partial charge in [-0.2, -0.15) is 0 Å². The summed E-state index contributed by atoms with van der Waals surface area (Å²) in [6.45, 7) is 1.68. The number of carbonyl (C=O) groups excluding carboxylic acids is 1. The molecule has 0 aliphatic heterocycles. The molecule has 2 aromatic rings. The zero-order chi connectivity index (χ0) is 18.8. The van der Waals surface area contributed by atoms with Gasteiger partial charge in [0, 0.05) is 23.4 Å². The molecule has 9 heteroatoms. The zero-order valence-electron chi connectivity index (χ0n) is 12.9. The minimum atomic E-state index is -3.67. The number of nitrogens with one attached hydrogen (secondary N) is 1. The molecule has 0 fully saturated rings. The number of hydrogen-bond acceptors (Lipinski definition) is 3. The zero-order valence-corrected chi connectivity index (χ0v) is 14.5. The Morgan fingerprint density at radius 2 is 1.72 bits per heavy atom. The molecule has 2 aromatic carbocycles. The third-order valence-electron chi connectivity index (χ3n) is 3.24. The Balaban J connectivity index is 2.35. The predicted molar refractivity (Wildman–Crippen MR) is 88.1 cm³/mol. The topological polar surface area (TPSA) is 63.2 Å². The van der Waals surface area contributed by atoms with E-state index in [0.717, 1.165) is 6.07 Å². The Labute approximate surface area is 147 Å². The van der Waals surface area contributed by atoms with Crippen LogP contribution in [0.2, 0.25) is 5.02 Å². The first-order valence-electron chi connectivity index (χ1n) is 7.14. The van der Waals surface area contributed by atoms with Gasteiger partial charge in [-0.15, -0.1) is 0 Å². The van der Waals surface area contributed by atoms with Crippen LogP contribution < -0.4 is 5.32 Å². The maximum absolute atomic E-state index is 13.2. The van der Waals surface area contributed by atoms with Gasteiger partial charge < -0.3 is 5.32 Å². The lowest BCUT2D eigenvalue weighted by Crippen LogP contribution is -2.14. The van der Waals surface area contributed by atoms with Gasteiger partial charge in [-0.1, -0.05) is 18.5 Å². The van der Waals surface area contributed by atoms with Crippen LogP contribution in [0.1, 0.15) is 23.7 Å². The molecular formula is C16H13ClF3NO3S. The maximum Gasteiger partial charge on any atom is 0.255 e. The van der Waals surface area contributed by atoms with Crippen molar-refractivity contribution in [3.63, 3.8) is 0 Å². The quantitative estimate of drug-likeness (QED) is 0.777. The van der Waals surface area contributed by atoms with E-state index in [2.05, 4.69) is 5.32 Å². The molecule has 0 heterocycles. The molecule has 25 heavy (non-hydrogen) atoms. The normalized spacial score (nSPS) is 11.4. The molecule has 1 N–H and O–H groups in total. The van der Waals surface area contributed by atoms with Crippen molar-refractivity contribution in [2.75, 3.05) is 11.1 Å². The van der Waals surface area contributed by atoms with Crippen LogP contribution >= 0.6 is 11.6 Å². The highest BCUT2D eigenvalue weighted by molar-refractivity contribution is 7.91. The van der Waals surface area contributed by atoms with Crippen molar-refractivity contribution in [3.05, 3.63) is 58.4 Å². The summed E-state index contributed by atoms with van der Waals surface area (Å²) < 4.78 is 63.6. The molecular weight excluding hydrogens is 379 g/mol. The summed E-state index contributed by atoms with van der Waals surface area (Å²) in [4.78, 5) is 12.0. The molecule has 0 atom stereocenters. The molecule has 0 bridgehead atoms. The first-order chi connectivity index (χ1) is 11.7. The number of rotatable bonds is 5. The number of benzene rings is 2. The van der Waals surface area contributed by atoms with Gasteiger partial charge in [0.2, 0.25) is 0 Å². The van der Waals surface area contributed by atoms with Crippen LogP contribution in [0.4, 0.5) is 18.9 Å². The molecule has 0 saturated heterocycles. The van der Waals surface area contributed by atoms with E-state index >= 15 is 0 Å². The van der Waals surface area contributed by atoms with Crippen molar-refractivity contribution in [2.45, 2.75) is 18.2 Å². The molecule has 4 nitrogen and oxygen atoms in total. The van der Waals surface area contributed by atoms with Gasteiger partial charge in [0.25, 0.3) is 5.91 Å². The van der Waals surface area contributed by atoms with Gasteiger partial charge >= 0.3 is 0 Å². The number of halogens is 4. The average Bonchev–Trinajstić information content (AvgIpc) is 2.52. The summed E-state index contributed by atoms with van der Waals surface area (Å²) in [5.74, 6) is -5.55. The molecule has 134 valence electrons. The van der Waals surface area contributed by atoms with Crippen molar-refractivity contribution < 1.29 is 26.4 Å². The van der Waals surface area contributed by atoms with E-state index in [4.69, 9.17) is 11.6 Å². The lowest BCUT2D eigenvalue weighted by Gasteiger charge is -2.10. The molecule has 0 spiro atoms. The van der Waals surface area contributed by atoms with Crippen LogP contribution in [-0.4, -0.2) is 20.1 Å². The third-order valence-corrected chi connectivity index (χ3v) is 5.64. The summed E-state index contributed by atoms with van der Waals surface area (Å²) in [6, 6.07) is 4.81. The standard InChI is InChI=1S/C16H13ClF3NO3S/c1-2-5-25(23,24)14-6-9(3-4-11(14)17)16(22)21-10-7-12(18)15(20)13(19)8-10/h3-4,6-8H,2,5H2,1H3,(H,21,22). The Bertz CT molecular complexity index is 909. The van der Waals surface area contributed by atoms with E-state index < -0.39 is 33.2 Å². The fraction of sp³-hybridized carbons (Fsp3) is 0.188. The van der Waals surface area contributed by atoms with E-state index in [0.29, 0.717) is 18.6 Å². The Morgan fingerprint density at radius 3 is 2.28 bits per heavy atom. The number of hydrogen-bond donors (Lipinski definition) is 1. The summed E-state index contributed by atoms with van der Waals surface area (Å²) >= 11 is 5.89. The first-order valence-corrected chi connectivity index (χ1v) is 9.17. The fourth-order valence-electron chi connectivity index (χ4n) is 2.09. The highest BCUT2D eigenvalue weighted by Crippen LogP contribution is 2.25. The molecule has 0 unspecified atom stereocenters. The van der Waals surface area contributed by atoms with Crippen molar-refractivity contribution in [2.24, 2.45) is 0 Å². The molecule has 2 rings (SSSR count). The van der Waals surface area contributed by atoms with Crippen molar-refractivity contribution in [1.82, 2.24) is 0 Å². The number of anilines is 1. The van der Waals surface area contributed by atoms with Crippen molar-refractivity contribution in [3.8, 4) is 0 Å². The second kappa shape index (κ2) is 7.45. The second-order valence-electron chi connectivity index (χ2n) is 5.17. The summed E-state index contributed by atoms with van der Waals surface area (Å²) in [6.07, 6.45) is 0.364. The molecule has 0 aliphatic carbocycles. The number of amides is 1. The van der Waals surface area contributed by atoms with Gasteiger partial charge in [-0.3, -0.25) is 4.79 Å². The van der Waals surface area contributed by atoms with E-state index in [1.54, 1.807) is 6.92 Å². The summed E-state index contributed by atoms with van der Waals surface area (Å²) in [7, 11) is -3.67. The molecule has 0 aliphatic rings. The van der Waals surface area contributed by atoms with Gasteiger partial charge in [0.1, 0.15) is 0 Å². The van der Waals surface area contributed by atoms with Crippen LogP contribution in [0.25, 0.3) is 0 Å². The van der Waals surface area contributed by atoms with Crippen LogP contribution in [-0.2, 0) is 9.84 Å². The minimum Gasteiger partial charge on any atom is -0.322 e. The van der Waals surface area contributed by atoms with Gasteiger partial charge in [-0.05, 0) is 24.6 Å². The van der Waals surface area contributed by atoms with Crippen molar-refractivity contribution >= 4 is 33.0 Å². The smallest absolute Gasteiger partial charge is 0.255 e. The largest absolute Gasteiger partial charge is 0.322 e. The maximum atomic E-state index is 13.2. The Hall–Kier alpha value is -2.06. The fourth-order valence-corrected chi connectivity index (χ4v) is 3.99. The minimum absolute atomic E-state index is 0.0381. The SMILES string of the molecule is CCCS(=O)(=O)c1cc(C(=O)Nc2cc(F)c(F)c(F)c2)ccc1Cl. The third kappa shape index (κ3) is 4.32. The van der Waals surface area contributed by atoms with E-state index in [1.165, 1.54) is 12.1 Å². The molecule has 0 aromatic heterocycles. The van der Waals surface area contributed by atoms with Gasteiger partial charge in [0.15, 0.2) is 27.3 Å². The van der Waals surface area contributed by atoms with Crippen molar-refractivity contribution in [1.29, 1.82) is 0 Å². The lowest BCUT2D eigenvalue weighted by molar-refractivity contribution is 0.102. The molecule has 1 amide bonds. The highest BCUT2D eigenvalue weighted by Gasteiger charge is 2.20. The van der Waals surface area contributed by atoms with E-state index in [9.17, 15) is 26.4 Å². The van der Waals surface area contributed by atoms with Gasteiger partial charge in [0.05, 0.1) is 15.7 Å². The second-order valence-corrected chi connectivity index (χ2v) is 7.66. The van der Waals surface area contributed by atoms with Crippen LogP contribution in [0, 0.1) is 17.5 Å². The number of carbonyl (C=O) groups is 1. The lowest BCUT2D eigenvalue weighted by atomic mass is 10.2. The Kier molecular flexibility index (Phi) is 5.74. The average molecular weight is 392 g/mol. The monoisotopic (exact) mass is 391 g/mol. The van der Waals surface area contributed by atoms with E-state index in [-0.39, 0.29) is 26.9 Å². The first kappa shape index (κ1) is 19.3. The summed E-state index contributed by atoms with van der Waals surface area (Å²) in [5.41, 5.74) is -0.390. The summed E-state index contributed by atoms with van der Waals surface area (Å²) in [5, 5.41) is 2.14. The van der Waals surface area contributed by atoms with Crippen LogP contribution in [0.15, 0.2) is 35.2 Å².